The summed E-state index contributed by atoms with van der Waals surface area (Å²) < 4.78 is 6.23. The molecule has 0 radical (unpaired) electrons. The Morgan fingerprint density at radius 2 is 1.17 bits per heavy atom. The second kappa shape index (κ2) is 10.8. The van der Waals surface area contributed by atoms with E-state index in [4.69, 9.17) is 10.2 Å². The van der Waals surface area contributed by atoms with Crippen molar-refractivity contribution in [2.75, 3.05) is 10.6 Å². The Labute approximate surface area is 245 Å². The fraction of sp³-hybridized carbons (Fsp3) is 0.0256. The lowest BCUT2D eigenvalue weighted by molar-refractivity contribution is 0.637. The number of hydrogen-bond donors (Lipinski definition) is 1. The Bertz CT molecular complexity index is 2030. The monoisotopic (exact) mass is 542 g/mol. The summed E-state index contributed by atoms with van der Waals surface area (Å²) in [5, 5.41) is 3.47. The molecule has 0 aliphatic carbocycles. The summed E-state index contributed by atoms with van der Waals surface area (Å²) in [6, 6.07) is 49.1. The molecule has 0 bridgehead atoms. The molecular formula is C39H30N2O. The number of furan rings is 1. The lowest BCUT2D eigenvalue weighted by Crippen LogP contribution is -2.10. The average molecular weight is 543 g/mol. The van der Waals surface area contributed by atoms with Crippen molar-refractivity contribution in [1.29, 1.82) is 0 Å². The first-order chi connectivity index (χ1) is 20.7. The molecule has 0 saturated carbocycles. The van der Waals surface area contributed by atoms with E-state index in [1.54, 1.807) is 0 Å². The third-order valence-electron chi connectivity index (χ3n) is 7.79. The van der Waals surface area contributed by atoms with Crippen LogP contribution in [0.1, 0.15) is 12.5 Å². The van der Waals surface area contributed by atoms with E-state index in [-0.39, 0.29) is 0 Å². The van der Waals surface area contributed by atoms with Crippen molar-refractivity contribution < 1.29 is 4.42 Å². The van der Waals surface area contributed by atoms with E-state index in [0.29, 0.717) is 5.88 Å². The molecule has 202 valence electrons. The SMILES string of the molecule is C/C=C\c1c(N)oc2c(N(c3ccc(-c4ccccc4)cc3)c3ccc(-c4cccc5ccccc45)cc3)cccc12. The van der Waals surface area contributed by atoms with Gasteiger partial charge in [-0.15, -0.1) is 0 Å². The van der Waals surface area contributed by atoms with Gasteiger partial charge in [0.2, 0.25) is 0 Å². The third-order valence-corrected chi connectivity index (χ3v) is 7.79. The number of rotatable bonds is 6. The Hall–Kier alpha value is -5.54. The summed E-state index contributed by atoms with van der Waals surface area (Å²) in [6.07, 6.45) is 3.99. The van der Waals surface area contributed by atoms with Gasteiger partial charge in [-0.05, 0) is 70.3 Å². The van der Waals surface area contributed by atoms with Crippen molar-refractivity contribution in [3.8, 4) is 22.3 Å². The summed E-state index contributed by atoms with van der Waals surface area (Å²) in [5.41, 5.74) is 15.8. The zero-order chi connectivity index (χ0) is 28.5. The normalized spacial score (nSPS) is 11.5. The number of hydrogen-bond acceptors (Lipinski definition) is 3. The predicted octanol–water partition coefficient (Wildman–Crippen LogP) is 11.0. The number of para-hydroxylation sites is 1. The highest BCUT2D eigenvalue weighted by atomic mass is 16.3. The number of nitrogens with two attached hydrogens (primary N) is 1. The minimum Gasteiger partial charge on any atom is -0.438 e. The van der Waals surface area contributed by atoms with Crippen molar-refractivity contribution in [1.82, 2.24) is 0 Å². The molecule has 0 atom stereocenters. The van der Waals surface area contributed by atoms with Crippen LogP contribution in [0.3, 0.4) is 0 Å². The molecule has 0 aliphatic rings. The summed E-state index contributed by atoms with van der Waals surface area (Å²) in [5.74, 6) is 0.418. The van der Waals surface area contributed by atoms with Crippen LogP contribution in [0, 0.1) is 0 Å². The van der Waals surface area contributed by atoms with Gasteiger partial charge in [0, 0.05) is 22.3 Å². The highest BCUT2D eigenvalue weighted by Crippen LogP contribution is 2.43. The molecule has 42 heavy (non-hydrogen) atoms. The van der Waals surface area contributed by atoms with Gasteiger partial charge >= 0.3 is 0 Å². The molecule has 3 heteroatoms. The molecule has 0 spiro atoms. The molecule has 0 amide bonds. The Balaban J connectivity index is 1.37. The van der Waals surface area contributed by atoms with Crippen LogP contribution in [-0.2, 0) is 0 Å². The maximum atomic E-state index is 6.36. The topological polar surface area (TPSA) is 42.4 Å². The van der Waals surface area contributed by atoms with Crippen molar-refractivity contribution in [2.45, 2.75) is 6.92 Å². The minimum absolute atomic E-state index is 0.418. The van der Waals surface area contributed by atoms with Gasteiger partial charge < -0.3 is 15.1 Å². The summed E-state index contributed by atoms with van der Waals surface area (Å²) in [4.78, 5) is 2.24. The molecule has 0 fully saturated rings. The molecular weight excluding hydrogens is 512 g/mol. The van der Waals surface area contributed by atoms with Gasteiger partial charge in [-0.2, -0.15) is 0 Å². The van der Waals surface area contributed by atoms with E-state index < -0.39 is 0 Å². The van der Waals surface area contributed by atoms with Crippen molar-refractivity contribution in [3.05, 3.63) is 151 Å². The standard InChI is InChI=1S/C39H30N2O/c1-2-10-36-35-17-9-18-37(38(35)42-39(36)40)41(31-23-19-28(20-24-31)27-11-4-3-5-12-27)32-25-21-30(22-26-32)34-16-8-14-29-13-6-7-15-33(29)34/h2-26H,40H2,1H3/b10-2-. The first-order valence-corrected chi connectivity index (χ1v) is 14.2. The fourth-order valence-corrected chi connectivity index (χ4v) is 5.78. The van der Waals surface area contributed by atoms with Crippen LogP contribution in [0.2, 0.25) is 0 Å². The van der Waals surface area contributed by atoms with Crippen molar-refractivity contribution in [2.24, 2.45) is 0 Å². The molecule has 0 aliphatic heterocycles. The third kappa shape index (κ3) is 4.51. The summed E-state index contributed by atoms with van der Waals surface area (Å²) >= 11 is 0. The number of fused-ring (bicyclic) bond motifs is 2. The maximum absolute atomic E-state index is 6.36. The van der Waals surface area contributed by atoms with Gasteiger partial charge in [-0.1, -0.05) is 121 Å². The van der Waals surface area contributed by atoms with E-state index in [9.17, 15) is 0 Å². The smallest absolute Gasteiger partial charge is 0.199 e. The second-order valence-corrected chi connectivity index (χ2v) is 10.4. The van der Waals surface area contributed by atoms with Gasteiger partial charge in [0.05, 0.1) is 5.69 Å². The Morgan fingerprint density at radius 1 is 0.571 bits per heavy atom. The second-order valence-electron chi connectivity index (χ2n) is 10.4. The number of anilines is 4. The van der Waals surface area contributed by atoms with Crippen LogP contribution < -0.4 is 10.6 Å². The zero-order valence-electron chi connectivity index (χ0n) is 23.4. The highest BCUT2D eigenvalue weighted by Gasteiger charge is 2.20. The van der Waals surface area contributed by atoms with Crippen LogP contribution in [0.25, 0.3) is 50.1 Å². The number of nitrogens with zero attached hydrogens (tertiary/aromatic N) is 1. The van der Waals surface area contributed by atoms with E-state index in [1.165, 1.54) is 33.0 Å². The van der Waals surface area contributed by atoms with Crippen LogP contribution in [0.4, 0.5) is 22.9 Å². The lowest BCUT2D eigenvalue weighted by Gasteiger charge is -2.26. The quantitative estimate of drug-likeness (QED) is 0.227. The molecule has 0 saturated heterocycles. The largest absolute Gasteiger partial charge is 0.438 e. The molecule has 0 unspecified atom stereocenters. The van der Waals surface area contributed by atoms with Gasteiger partial charge in [-0.3, -0.25) is 0 Å². The zero-order valence-corrected chi connectivity index (χ0v) is 23.4. The molecule has 2 N–H and O–H groups in total. The highest BCUT2D eigenvalue weighted by molar-refractivity contribution is 6.02. The summed E-state index contributed by atoms with van der Waals surface area (Å²) in [6.45, 7) is 1.99. The predicted molar refractivity (Wildman–Crippen MR) is 178 cm³/mol. The number of benzene rings is 6. The van der Waals surface area contributed by atoms with Crippen molar-refractivity contribution in [3.63, 3.8) is 0 Å². The first-order valence-electron chi connectivity index (χ1n) is 14.2. The minimum atomic E-state index is 0.418. The molecule has 7 rings (SSSR count). The van der Waals surface area contributed by atoms with Crippen LogP contribution in [-0.4, -0.2) is 0 Å². The van der Waals surface area contributed by atoms with Crippen LogP contribution in [0.5, 0.6) is 0 Å². The van der Waals surface area contributed by atoms with Crippen LogP contribution >= 0.6 is 0 Å². The van der Waals surface area contributed by atoms with E-state index in [2.05, 4.69) is 138 Å². The van der Waals surface area contributed by atoms with Gasteiger partial charge in [0.15, 0.2) is 11.5 Å². The Kier molecular flexibility index (Phi) is 6.54. The number of allylic oxidation sites excluding steroid dienone is 1. The van der Waals surface area contributed by atoms with Crippen molar-refractivity contribution >= 4 is 50.8 Å². The first kappa shape index (κ1) is 25.4. The molecule has 1 aromatic heterocycles. The van der Waals surface area contributed by atoms with Gasteiger partial charge in [0.1, 0.15) is 0 Å². The molecule has 1 heterocycles. The van der Waals surface area contributed by atoms with Gasteiger partial charge in [-0.25, -0.2) is 0 Å². The van der Waals surface area contributed by atoms with E-state index in [0.717, 1.165) is 33.6 Å². The van der Waals surface area contributed by atoms with Gasteiger partial charge in [0.25, 0.3) is 0 Å². The number of nitrogen functional groups attached to an aromatic ring is 1. The maximum Gasteiger partial charge on any atom is 0.199 e. The average Bonchev–Trinajstić information content (AvgIpc) is 3.37. The van der Waals surface area contributed by atoms with Crippen LogP contribution in [0.15, 0.2) is 150 Å². The molecule has 6 aromatic carbocycles. The lowest BCUT2D eigenvalue weighted by atomic mass is 9.98. The summed E-state index contributed by atoms with van der Waals surface area (Å²) in [7, 11) is 0. The van der Waals surface area contributed by atoms with E-state index in [1.807, 2.05) is 25.1 Å². The Morgan fingerprint density at radius 3 is 1.90 bits per heavy atom. The molecule has 7 aromatic rings. The molecule has 3 nitrogen and oxygen atoms in total. The fourth-order valence-electron chi connectivity index (χ4n) is 5.78. The van der Waals surface area contributed by atoms with E-state index >= 15 is 0 Å².